The van der Waals surface area contributed by atoms with Gasteiger partial charge in [-0.05, 0) is 42.7 Å². The predicted molar refractivity (Wildman–Crippen MR) is 125 cm³/mol. The van der Waals surface area contributed by atoms with Crippen LogP contribution in [-0.4, -0.2) is 76.3 Å². The zero-order valence-corrected chi connectivity index (χ0v) is 19.3. The number of anilines is 1. The molecule has 2 aliphatic rings. The topological polar surface area (TPSA) is 53.1 Å². The van der Waals surface area contributed by atoms with Crippen molar-refractivity contribution in [2.45, 2.75) is 12.8 Å². The van der Waals surface area contributed by atoms with E-state index >= 15 is 0 Å². The van der Waals surface area contributed by atoms with Gasteiger partial charge in [-0.25, -0.2) is 12.7 Å². The van der Waals surface area contributed by atoms with Gasteiger partial charge < -0.3 is 9.64 Å². The van der Waals surface area contributed by atoms with Crippen molar-refractivity contribution in [3.05, 3.63) is 60.2 Å². The van der Waals surface area contributed by atoms with E-state index < -0.39 is 10.0 Å². The molecular formula is C24H33N3O3S. The Morgan fingerprint density at radius 1 is 0.968 bits per heavy atom. The van der Waals surface area contributed by atoms with Gasteiger partial charge >= 0.3 is 0 Å². The number of methoxy groups -OCH3 is 1. The van der Waals surface area contributed by atoms with Crippen molar-refractivity contribution in [3.8, 4) is 5.75 Å². The highest BCUT2D eigenvalue weighted by atomic mass is 32.2. The summed E-state index contributed by atoms with van der Waals surface area (Å²) in [6, 6.07) is 18.7. The molecular weight excluding hydrogens is 410 g/mol. The second kappa shape index (κ2) is 9.59. The van der Waals surface area contributed by atoms with E-state index in [4.69, 9.17) is 4.74 Å². The summed E-state index contributed by atoms with van der Waals surface area (Å²) in [5.41, 5.74) is 2.44. The van der Waals surface area contributed by atoms with E-state index in [1.165, 1.54) is 11.3 Å². The van der Waals surface area contributed by atoms with Crippen molar-refractivity contribution < 1.29 is 13.2 Å². The maximum atomic E-state index is 12.6. The minimum absolute atomic E-state index is 0.153. The van der Waals surface area contributed by atoms with Crippen molar-refractivity contribution in [3.63, 3.8) is 0 Å². The van der Waals surface area contributed by atoms with E-state index in [1.807, 2.05) is 12.1 Å². The average molecular weight is 444 g/mol. The quantitative estimate of drug-likeness (QED) is 0.659. The molecule has 2 fully saturated rings. The number of nitrogens with zero attached hydrogens (tertiary/aromatic N) is 3. The van der Waals surface area contributed by atoms with Crippen LogP contribution in [0.25, 0.3) is 0 Å². The standard InChI is InChI=1S/C24H33N3O3S/c1-3-31(28,29)27-18-21(24(19-27)20-8-7-11-23(16-20)30-2)17-25-12-14-26(15-13-25)22-9-5-4-6-10-22/h4-11,16,21,24H,3,12-15,17-19H2,1-2H3. The average Bonchev–Trinajstić information content (AvgIpc) is 3.25. The number of piperazine rings is 1. The van der Waals surface area contributed by atoms with Crippen LogP contribution in [0.4, 0.5) is 5.69 Å². The largest absolute Gasteiger partial charge is 0.497 e. The van der Waals surface area contributed by atoms with Crippen molar-refractivity contribution in [1.82, 2.24) is 9.21 Å². The molecule has 31 heavy (non-hydrogen) atoms. The number of ether oxygens (including phenoxy) is 1. The summed E-state index contributed by atoms with van der Waals surface area (Å²) in [5.74, 6) is 1.44. The molecule has 6 nitrogen and oxygen atoms in total. The second-order valence-electron chi connectivity index (χ2n) is 8.48. The number of benzene rings is 2. The van der Waals surface area contributed by atoms with Crippen LogP contribution in [-0.2, 0) is 10.0 Å². The zero-order chi connectivity index (χ0) is 21.8. The van der Waals surface area contributed by atoms with Gasteiger partial charge in [0.05, 0.1) is 12.9 Å². The van der Waals surface area contributed by atoms with E-state index in [-0.39, 0.29) is 17.6 Å². The fourth-order valence-electron chi connectivity index (χ4n) is 4.84. The van der Waals surface area contributed by atoms with E-state index in [0.29, 0.717) is 13.1 Å². The Balaban J connectivity index is 1.46. The highest BCUT2D eigenvalue weighted by Gasteiger charge is 2.39. The SMILES string of the molecule is CCS(=O)(=O)N1CC(CN2CCN(c3ccccc3)CC2)C(c2cccc(OC)c2)C1. The lowest BCUT2D eigenvalue weighted by atomic mass is 9.88. The summed E-state index contributed by atoms with van der Waals surface area (Å²) in [6.07, 6.45) is 0. The van der Waals surface area contributed by atoms with Crippen LogP contribution < -0.4 is 9.64 Å². The van der Waals surface area contributed by atoms with Crippen LogP contribution in [0.3, 0.4) is 0 Å². The van der Waals surface area contributed by atoms with Gasteiger partial charge in [0, 0.05) is 57.4 Å². The van der Waals surface area contributed by atoms with Gasteiger partial charge in [-0.2, -0.15) is 0 Å². The third kappa shape index (κ3) is 5.05. The van der Waals surface area contributed by atoms with E-state index in [9.17, 15) is 8.42 Å². The minimum atomic E-state index is -3.20. The smallest absolute Gasteiger partial charge is 0.213 e. The summed E-state index contributed by atoms with van der Waals surface area (Å²) in [5, 5.41) is 0. The highest BCUT2D eigenvalue weighted by molar-refractivity contribution is 7.89. The zero-order valence-electron chi connectivity index (χ0n) is 18.5. The number of sulfonamides is 1. The molecule has 0 N–H and O–H groups in total. The Bertz CT molecular complexity index is 959. The first kappa shape index (κ1) is 22.1. The number of hydrogen-bond acceptors (Lipinski definition) is 5. The first-order chi connectivity index (χ1) is 15.0. The molecule has 0 aliphatic carbocycles. The molecule has 2 aliphatic heterocycles. The van der Waals surface area contributed by atoms with Crippen molar-refractivity contribution >= 4 is 15.7 Å². The van der Waals surface area contributed by atoms with Gasteiger partial charge in [0.2, 0.25) is 10.0 Å². The van der Waals surface area contributed by atoms with Crippen molar-refractivity contribution in [2.24, 2.45) is 5.92 Å². The first-order valence-electron chi connectivity index (χ1n) is 11.1. The number of rotatable bonds is 7. The third-order valence-electron chi connectivity index (χ3n) is 6.67. The van der Waals surface area contributed by atoms with Crippen LogP contribution >= 0.6 is 0 Å². The van der Waals surface area contributed by atoms with E-state index in [1.54, 1.807) is 18.3 Å². The molecule has 2 aromatic rings. The Labute approximate surface area is 186 Å². The molecule has 2 heterocycles. The minimum Gasteiger partial charge on any atom is -0.497 e. The first-order valence-corrected chi connectivity index (χ1v) is 12.7. The normalized spacial score (nSPS) is 23.2. The fourth-order valence-corrected chi connectivity index (χ4v) is 6.01. The molecule has 0 radical (unpaired) electrons. The van der Waals surface area contributed by atoms with Gasteiger partial charge in [-0.15, -0.1) is 0 Å². The Kier molecular flexibility index (Phi) is 6.84. The number of para-hydroxylation sites is 1. The molecule has 0 bridgehead atoms. The molecule has 0 aromatic heterocycles. The summed E-state index contributed by atoms with van der Waals surface area (Å²) in [6.45, 7) is 7.78. The van der Waals surface area contributed by atoms with Crippen LogP contribution in [0.15, 0.2) is 54.6 Å². The second-order valence-corrected chi connectivity index (χ2v) is 10.7. The molecule has 0 spiro atoms. The van der Waals surface area contributed by atoms with Crippen LogP contribution in [0.1, 0.15) is 18.4 Å². The fraction of sp³-hybridized carbons (Fsp3) is 0.500. The van der Waals surface area contributed by atoms with Crippen LogP contribution in [0.2, 0.25) is 0 Å². The Morgan fingerprint density at radius 3 is 2.39 bits per heavy atom. The highest BCUT2D eigenvalue weighted by Crippen LogP contribution is 2.36. The molecule has 2 aromatic carbocycles. The van der Waals surface area contributed by atoms with Gasteiger partial charge in [0.25, 0.3) is 0 Å². The van der Waals surface area contributed by atoms with Gasteiger partial charge in [0.1, 0.15) is 5.75 Å². The predicted octanol–water partition coefficient (Wildman–Crippen LogP) is 2.88. The molecule has 7 heteroatoms. The maximum absolute atomic E-state index is 12.6. The molecule has 2 saturated heterocycles. The van der Waals surface area contributed by atoms with Crippen LogP contribution in [0.5, 0.6) is 5.75 Å². The Hall–Kier alpha value is -2.09. The third-order valence-corrected chi connectivity index (χ3v) is 8.49. The molecule has 2 unspecified atom stereocenters. The lowest BCUT2D eigenvalue weighted by molar-refractivity contribution is 0.215. The molecule has 0 amide bonds. The summed E-state index contributed by atoms with van der Waals surface area (Å²) < 4.78 is 32.4. The van der Waals surface area contributed by atoms with Gasteiger partial charge in [-0.1, -0.05) is 30.3 Å². The van der Waals surface area contributed by atoms with Crippen LogP contribution in [0, 0.1) is 5.92 Å². The monoisotopic (exact) mass is 443 g/mol. The molecule has 4 rings (SSSR count). The summed E-state index contributed by atoms with van der Waals surface area (Å²) >= 11 is 0. The molecule has 0 saturated carbocycles. The van der Waals surface area contributed by atoms with E-state index in [0.717, 1.165) is 38.5 Å². The summed E-state index contributed by atoms with van der Waals surface area (Å²) in [4.78, 5) is 4.93. The van der Waals surface area contributed by atoms with Crippen molar-refractivity contribution in [1.29, 1.82) is 0 Å². The van der Waals surface area contributed by atoms with Gasteiger partial charge in [0.15, 0.2) is 0 Å². The lowest BCUT2D eigenvalue weighted by Gasteiger charge is -2.38. The molecule has 168 valence electrons. The Morgan fingerprint density at radius 2 is 1.71 bits per heavy atom. The summed E-state index contributed by atoms with van der Waals surface area (Å²) in [7, 11) is -1.53. The lowest BCUT2D eigenvalue weighted by Crippen LogP contribution is -2.48. The van der Waals surface area contributed by atoms with Gasteiger partial charge in [-0.3, -0.25) is 4.90 Å². The number of hydrogen-bond donors (Lipinski definition) is 0. The maximum Gasteiger partial charge on any atom is 0.213 e. The van der Waals surface area contributed by atoms with Crippen molar-refractivity contribution in [2.75, 3.05) is 63.6 Å². The van der Waals surface area contributed by atoms with E-state index in [2.05, 4.69) is 52.3 Å². The molecule has 2 atom stereocenters.